The number of carbonyl (C=O) groups excluding carboxylic acids is 1. The van der Waals surface area contributed by atoms with Crippen LogP contribution in [0.25, 0.3) is 0 Å². The smallest absolute Gasteiger partial charge is 0.259 e. The van der Waals surface area contributed by atoms with Gasteiger partial charge in [-0.2, -0.15) is 10.2 Å². The third-order valence-electron chi connectivity index (χ3n) is 2.35. The number of rotatable bonds is 2. The fourth-order valence-corrected chi connectivity index (χ4v) is 1.52. The van der Waals surface area contributed by atoms with Crippen LogP contribution in [-0.4, -0.2) is 23.2 Å². The van der Waals surface area contributed by atoms with Crippen LogP contribution < -0.4 is 4.90 Å². The highest BCUT2D eigenvalue weighted by Crippen LogP contribution is 2.18. The molecule has 2 rings (SSSR count). The molecule has 2 aromatic rings. The first-order chi connectivity index (χ1) is 8.18. The van der Waals surface area contributed by atoms with Crippen LogP contribution in [0.15, 0.2) is 42.7 Å². The molecular weight excluding hydrogens is 238 g/mol. The summed E-state index contributed by atoms with van der Waals surface area (Å²) < 4.78 is 0. The van der Waals surface area contributed by atoms with Gasteiger partial charge in [0.25, 0.3) is 5.91 Å². The summed E-state index contributed by atoms with van der Waals surface area (Å²) in [6.45, 7) is 0. The van der Waals surface area contributed by atoms with Gasteiger partial charge in [0.2, 0.25) is 0 Å². The lowest BCUT2D eigenvalue weighted by Gasteiger charge is -2.16. The highest BCUT2D eigenvalue weighted by atomic mass is 35.5. The molecule has 17 heavy (non-hydrogen) atoms. The van der Waals surface area contributed by atoms with Crippen LogP contribution in [0.1, 0.15) is 10.4 Å². The first kappa shape index (κ1) is 11.5. The quantitative estimate of drug-likeness (QED) is 0.819. The Morgan fingerprint density at radius 2 is 1.88 bits per heavy atom. The standard InChI is InChI=1S/C12H10ClN3O/c1-16(11-4-2-10(13)3-5-11)12(17)9-6-7-14-15-8-9/h2-8H,1H3. The second-order valence-electron chi connectivity index (χ2n) is 3.47. The SMILES string of the molecule is CN(C(=O)c1ccnnc1)c1ccc(Cl)cc1. The Bertz CT molecular complexity index is 513. The minimum Gasteiger partial charge on any atom is -0.311 e. The van der Waals surface area contributed by atoms with Crippen molar-refractivity contribution in [3.05, 3.63) is 53.3 Å². The fraction of sp³-hybridized carbons (Fsp3) is 0.0833. The second-order valence-corrected chi connectivity index (χ2v) is 3.91. The summed E-state index contributed by atoms with van der Waals surface area (Å²) in [5.74, 6) is -0.137. The van der Waals surface area contributed by atoms with Gasteiger partial charge in [-0.1, -0.05) is 11.6 Å². The number of aromatic nitrogens is 2. The molecule has 1 heterocycles. The predicted molar refractivity (Wildman–Crippen MR) is 66.2 cm³/mol. The Kier molecular flexibility index (Phi) is 3.35. The molecule has 0 radical (unpaired) electrons. The van der Waals surface area contributed by atoms with Gasteiger partial charge in [-0.15, -0.1) is 0 Å². The largest absolute Gasteiger partial charge is 0.311 e. The van der Waals surface area contributed by atoms with E-state index >= 15 is 0 Å². The first-order valence-corrected chi connectivity index (χ1v) is 5.36. The van der Waals surface area contributed by atoms with Crippen molar-refractivity contribution < 1.29 is 4.79 Å². The maximum absolute atomic E-state index is 12.1. The molecule has 0 bridgehead atoms. The van der Waals surface area contributed by atoms with Crippen LogP contribution in [0.4, 0.5) is 5.69 Å². The summed E-state index contributed by atoms with van der Waals surface area (Å²) in [7, 11) is 1.70. The Labute approximate surface area is 104 Å². The van der Waals surface area contributed by atoms with Crippen molar-refractivity contribution in [3.8, 4) is 0 Å². The maximum Gasteiger partial charge on any atom is 0.259 e. The Hall–Kier alpha value is -1.94. The lowest BCUT2D eigenvalue weighted by Crippen LogP contribution is -2.26. The molecule has 86 valence electrons. The van der Waals surface area contributed by atoms with E-state index in [4.69, 9.17) is 11.6 Å². The molecule has 0 fully saturated rings. The molecule has 1 amide bonds. The topological polar surface area (TPSA) is 46.1 Å². The number of nitrogens with zero attached hydrogens (tertiary/aromatic N) is 3. The van der Waals surface area contributed by atoms with Crippen molar-refractivity contribution in [2.24, 2.45) is 0 Å². The van der Waals surface area contributed by atoms with E-state index in [-0.39, 0.29) is 5.91 Å². The van der Waals surface area contributed by atoms with Gasteiger partial charge < -0.3 is 4.90 Å². The van der Waals surface area contributed by atoms with Gasteiger partial charge in [0, 0.05) is 17.8 Å². The second kappa shape index (κ2) is 4.93. The third kappa shape index (κ3) is 2.60. The molecule has 0 saturated heterocycles. The summed E-state index contributed by atoms with van der Waals surface area (Å²) in [5.41, 5.74) is 1.27. The Morgan fingerprint density at radius 3 is 2.47 bits per heavy atom. The summed E-state index contributed by atoms with van der Waals surface area (Å²) in [5, 5.41) is 7.95. The minimum absolute atomic E-state index is 0.137. The van der Waals surface area contributed by atoms with E-state index in [0.717, 1.165) is 5.69 Å². The number of hydrogen-bond acceptors (Lipinski definition) is 3. The highest BCUT2D eigenvalue weighted by Gasteiger charge is 2.13. The molecule has 5 heteroatoms. The van der Waals surface area contributed by atoms with E-state index in [9.17, 15) is 4.79 Å². The van der Waals surface area contributed by atoms with Crippen LogP contribution in [-0.2, 0) is 0 Å². The number of anilines is 1. The van der Waals surface area contributed by atoms with Gasteiger partial charge in [-0.3, -0.25) is 4.79 Å². The van der Waals surface area contributed by atoms with Gasteiger partial charge in [0.05, 0.1) is 18.0 Å². The third-order valence-corrected chi connectivity index (χ3v) is 2.60. The van der Waals surface area contributed by atoms with Crippen molar-refractivity contribution in [3.63, 3.8) is 0 Å². The molecule has 0 N–H and O–H groups in total. The number of carbonyl (C=O) groups is 1. The monoisotopic (exact) mass is 247 g/mol. The summed E-state index contributed by atoms with van der Waals surface area (Å²) in [6, 6.07) is 8.68. The van der Waals surface area contributed by atoms with Crippen LogP contribution in [0.3, 0.4) is 0 Å². The lowest BCUT2D eigenvalue weighted by atomic mass is 10.2. The summed E-state index contributed by atoms with van der Waals surface area (Å²) in [6.07, 6.45) is 2.93. The van der Waals surface area contributed by atoms with E-state index in [2.05, 4.69) is 10.2 Å². The van der Waals surface area contributed by atoms with Crippen LogP contribution in [0, 0.1) is 0 Å². The molecule has 0 aliphatic rings. The van der Waals surface area contributed by atoms with Crippen LogP contribution in [0.2, 0.25) is 5.02 Å². The average molecular weight is 248 g/mol. The first-order valence-electron chi connectivity index (χ1n) is 4.99. The molecular formula is C12H10ClN3O. The lowest BCUT2D eigenvalue weighted by molar-refractivity contribution is 0.0992. The van der Waals surface area contributed by atoms with Gasteiger partial charge in [-0.25, -0.2) is 0 Å². The molecule has 1 aromatic heterocycles. The highest BCUT2D eigenvalue weighted by molar-refractivity contribution is 6.30. The van der Waals surface area contributed by atoms with Gasteiger partial charge in [0.15, 0.2) is 0 Å². The summed E-state index contributed by atoms with van der Waals surface area (Å²) >= 11 is 5.79. The van der Waals surface area contributed by atoms with Crippen molar-refractivity contribution >= 4 is 23.2 Å². The minimum atomic E-state index is -0.137. The average Bonchev–Trinajstić information content (AvgIpc) is 2.39. The van der Waals surface area contributed by atoms with E-state index in [0.29, 0.717) is 10.6 Å². The zero-order valence-corrected chi connectivity index (χ0v) is 9.93. The zero-order valence-electron chi connectivity index (χ0n) is 9.17. The molecule has 4 nitrogen and oxygen atoms in total. The molecule has 1 aromatic carbocycles. The van der Waals surface area contributed by atoms with E-state index in [1.807, 2.05) is 0 Å². The number of benzene rings is 1. The van der Waals surface area contributed by atoms with Crippen molar-refractivity contribution in [1.29, 1.82) is 0 Å². The molecule has 0 aliphatic heterocycles. The number of hydrogen-bond donors (Lipinski definition) is 0. The predicted octanol–water partition coefficient (Wildman–Crippen LogP) is 2.41. The van der Waals surface area contributed by atoms with Crippen molar-refractivity contribution in [2.45, 2.75) is 0 Å². The van der Waals surface area contributed by atoms with E-state index in [1.165, 1.54) is 17.3 Å². The zero-order chi connectivity index (χ0) is 12.3. The van der Waals surface area contributed by atoms with Crippen molar-refractivity contribution in [1.82, 2.24) is 10.2 Å². The molecule has 0 saturated carbocycles. The van der Waals surface area contributed by atoms with Gasteiger partial charge >= 0.3 is 0 Å². The molecule has 0 atom stereocenters. The Morgan fingerprint density at radius 1 is 1.18 bits per heavy atom. The fourth-order valence-electron chi connectivity index (χ4n) is 1.39. The van der Waals surface area contributed by atoms with E-state index in [1.54, 1.807) is 37.4 Å². The maximum atomic E-state index is 12.1. The van der Waals surface area contributed by atoms with Crippen LogP contribution >= 0.6 is 11.6 Å². The van der Waals surface area contributed by atoms with Gasteiger partial charge in [0.1, 0.15) is 0 Å². The number of halogens is 1. The van der Waals surface area contributed by atoms with E-state index < -0.39 is 0 Å². The normalized spacial score (nSPS) is 10.0. The van der Waals surface area contributed by atoms with Crippen LogP contribution in [0.5, 0.6) is 0 Å². The Balaban J connectivity index is 2.23. The molecule has 0 spiro atoms. The van der Waals surface area contributed by atoms with Crippen molar-refractivity contribution in [2.75, 3.05) is 11.9 Å². The molecule has 0 aliphatic carbocycles. The molecule has 0 unspecified atom stereocenters. The summed E-state index contributed by atoms with van der Waals surface area (Å²) in [4.78, 5) is 13.6. The number of amides is 1. The van der Waals surface area contributed by atoms with Gasteiger partial charge in [-0.05, 0) is 30.3 Å².